The van der Waals surface area contributed by atoms with Crippen LogP contribution in [-0.4, -0.2) is 29.6 Å². The molecule has 7 rings (SSSR count). The molecule has 1 atom stereocenters. The molecule has 5 aromatic rings. The second-order valence-corrected chi connectivity index (χ2v) is 10.2. The van der Waals surface area contributed by atoms with Gasteiger partial charge in [0.1, 0.15) is 11.5 Å². The summed E-state index contributed by atoms with van der Waals surface area (Å²) < 4.78 is 27.9. The Kier molecular flexibility index (Phi) is 6.05. The first kappa shape index (κ1) is 26.1. The van der Waals surface area contributed by atoms with Crippen molar-refractivity contribution >= 4 is 33.7 Å². The van der Waals surface area contributed by atoms with E-state index >= 15 is 0 Å². The fourth-order valence-corrected chi connectivity index (χ4v) is 5.59. The Balaban J connectivity index is 1.29. The van der Waals surface area contributed by atoms with Crippen LogP contribution in [0.25, 0.3) is 27.7 Å². The first-order chi connectivity index (χ1) is 20.8. The fraction of sp³-hybridized carbons (Fsp3) is 0.121. The first-order valence-electron chi connectivity index (χ1n) is 13.3. The second kappa shape index (κ2) is 9.95. The molecule has 10 heteroatoms. The van der Waals surface area contributed by atoms with E-state index < -0.39 is 23.5 Å². The van der Waals surface area contributed by atoms with Crippen LogP contribution in [0.2, 0.25) is 0 Å². The first-order valence-corrected chi connectivity index (χ1v) is 13.3. The Morgan fingerprint density at radius 2 is 1.40 bits per heavy atom. The predicted molar refractivity (Wildman–Crippen MR) is 154 cm³/mol. The number of phenolic OH excluding ortho intramolecular Hbond substituents is 2. The topological polar surface area (TPSA) is 146 Å². The summed E-state index contributed by atoms with van der Waals surface area (Å²) in [6, 6.07) is 17.7. The highest BCUT2D eigenvalue weighted by molar-refractivity contribution is 5.94. The SMILES string of the molecule is COC1=C2C=C(Cc3cc(=O)oc4c(O)cccc34)C(=O)OC2Oc2ccc(Cc3cc(=O)oc4c(O)cccc34)cc21. The molecular weight excluding hydrogens is 556 g/mol. The molecule has 3 aromatic carbocycles. The van der Waals surface area contributed by atoms with Gasteiger partial charge in [-0.05, 0) is 53.5 Å². The van der Waals surface area contributed by atoms with Gasteiger partial charge in [0.2, 0.25) is 0 Å². The molecule has 0 saturated heterocycles. The number of methoxy groups -OCH3 is 1. The van der Waals surface area contributed by atoms with Crippen LogP contribution < -0.4 is 16.0 Å². The van der Waals surface area contributed by atoms with Crippen LogP contribution in [0.1, 0.15) is 22.3 Å². The van der Waals surface area contributed by atoms with E-state index in [9.17, 15) is 24.6 Å². The molecule has 0 aliphatic carbocycles. The normalized spacial score (nSPS) is 15.9. The van der Waals surface area contributed by atoms with Crippen molar-refractivity contribution in [3.8, 4) is 17.2 Å². The van der Waals surface area contributed by atoms with Crippen molar-refractivity contribution in [1.82, 2.24) is 0 Å². The molecule has 0 spiro atoms. The van der Waals surface area contributed by atoms with E-state index in [1.165, 1.54) is 31.4 Å². The van der Waals surface area contributed by atoms with Crippen LogP contribution >= 0.6 is 0 Å². The Morgan fingerprint density at radius 3 is 2.02 bits per heavy atom. The number of ether oxygens (including phenoxy) is 3. The summed E-state index contributed by atoms with van der Waals surface area (Å²) in [7, 11) is 1.50. The third-order valence-electron chi connectivity index (χ3n) is 7.49. The van der Waals surface area contributed by atoms with Crippen molar-refractivity contribution in [2.45, 2.75) is 19.1 Å². The monoisotopic (exact) mass is 578 g/mol. The lowest BCUT2D eigenvalue weighted by molar-refractivity contribution is -0.155. The van der Waals surface area contributed by atoms with Crippen LogP contribution in [0.5, 0.6) is 17.2 Å². The zero-order chi connectivity index (χ0) is 29.8. The molecule has 2 aliphatic rings. The molecular formula is C33H22O10. The van der Waals surface area contributed by atoms with Gasteiger partial charge in [-0.2, -0.15) is 0 Å². The number of hydrogen-bond acceptors (Lipinski definition) is 10. The molecule has 10 nitrogen and oxygen atoms in total. The van der Waals surface area contributed by atoms with Gasteiger partial charge >= 0.3 is 17.2 Å². The quantitative estimate of drug-likeness (QED) is 0.222. The number of rotatable bonds is 5. The number of aromatic hydroxyl groups is 2. The van der Waals surface area contributed by atoms with Crippen molar-refractivity contribution in [3.63, 3.8) is 0 Å². The van der Waals surface area contributed by atoms with Gasteiger partial charge in [0.25, 0.3) is 6.29 Å². The summed E-state index contributed by atoms with van der Waals surface area (Å²) >= 11 is 0. The standard InChI is InChI=1S/C33H22O10/c1-39-29-22-11-16(10-17-14-27(36)41-30-20(17)4-2-6-24(30)34)8-9-26(22)40-33-23(29)13-19(32(38)43-33)12-18-15-28(37)42-31-21(18)5-3-7-25(31)35/h2-9,11,13-15,33-35H,10,12H2,1H3. The molecule has 43 heavy (non-hydrogen) atoms. The Hall–Kier alpha value is -5.77. The smallest absolute Gasteiger partial charge is 0.337 e. The Morgan fingerprint density at radius 1 is 0.767 bits per heavy atom. The maximum Gasteiger partial charge on any atom is 0.337 e. The van der Waals surface area contributed by atoms with E-state index in [-0.39, 0.29) is 34.7 Å². The van der Waals surface area contributed by atoms with Crippen molar-refractivity contribution in [2.24, 2.45) is 0 Å². The average Bonchev–Trinajstić information content (AvgIpc) is 2.98. The number of para-hydroxylation sites is 2. The summed E-state index contributed by atoms with van der Waals surface area (Å²) in [4.78, 5) is 37.5. The highest BCUT2D eigenvalue weighted by atomic mass is 16.7. The van der Waals surface area contributed by atoms with Crippen molar-refractivity contribution in [2.75, 3.05) is 7.11 Å². The van der Waals surface area contributed by atoms with Gasteiger partial charge in [0, 0.05) is 34.9 Å². The van der Waals surface area contributed by atoms with E-state index in [1.54, 1.807) is 36.4 Å². The maximum atomic E-state index is 13.0. The summed E-state index contributed by atoms with van der Waals surface area (Å²) in [5.41, 5.74) is 2.24. The van der Waals surface area contributed by atoms with Gasteiger partial charge in [-0.3, -0.25) is 0 Å². The number of hydrogen-bond donors (Lipinski definition) is 2. The van der Waals surface area contributed by atoms with Gasteiger partial charge < -0.3 is 33.3 Å². The molecule has 2 aliphatic heterocycles. The summed E-state index contributed by atoms with van der Waals surface area (Å²) in [6.07, 6.45) is 0.964. The molecule has 0 radical (unpaired) electrons. The molecule has 4 heterocycles. The highest BCUT2D eigenvalue weighted by Crippen LogP contribution is 2.41. The Labute approximate surface area is 242 Å². The summed E-state index contributed by atoms with van der Waals surface area (Å²) in [5.74, 6) is -0.0537. The predicted octanol–water partition coefficient (Wildman–Crippen LogP) is 4.70. The van der Waals surface area contributed by atoms with Gasteiger partial charge in [0.15, 0.2) is 22.7 Å². The number of phenols is 2. The summed E-state index contributed by atoms with van der Waals surface area (Å²) in [5, 5.41) is 21.5. The van der Waals surface area contributed by atoms with E-state index in [1.807, 2.05) is 12.1 Å². The summed E-state index contributed by atoms with van der Waals surface area (Å²) in [6.45, 7) is 0. The van der Waals surface area contributed by atoms with Crippen molar-refractivity contribution < 1.29 is 38.1 Å². The second-order valence-electron chi connectivity index (χ2n) is 10.2. The van der Waals surface area contributed by atoms with Gasteiger partial charge in [0.05, 0.1) is 18.2 Å². The average molecular weight is 579 g/mol. The van der Waals surface area contributed by atoms with Crippen molar-refractivity contribution in [3.05, 3.63) is 127 Å². The zero-order valence-electron chi connectivity index (χ0n) is 22.6. The number of carbonyl (C=O) groups excluding carboxylic acids is 1. The molecule has 0 fully saturated rings. The van der Waals surface area contributed by atoms with Gasteiger partial charge in [-0.15, -0.1) is 0 Å². The van der Waals surface area contributed by atoms with Gasteiger partial charge in [-0.1, -0.05) is 30.3 Å². The van der Waals surface area contributed by atoms with E-state index in [2.05, 4.69) is 0 Å². The molecule has 1 unspecified atom stereocenters. The lowest BCUT2D eigenvalue weighted by atomic mass is 9.94. The number of carbonyl (C=O) groups is 1. The van der Waals surface area contributed by atoms with Crippen LogP contribution in [0.3, 0.4) is 0 Å². The minimum absolute atomic E-state index is 0.0288. The highest BCUT2D eigenvalue weighted by Gasteiger charge is 2.36. The van der Waals surface area contributed by atoms with Crippen molar-refractivity contribution in [1.29, 1.82) is 0 Å². The molecule has 214 valence electrons. The van der Waals surface area contributed by atoms with E-state index in [0.29, 0.717) is 51.0 Å². The zero-order valence-corrected chi connectivity index (χ0v) is 22.6. The van der Waals surface area contributed by atoms with Crippen LogP contribution in [0.4, 0.5) is 0 Å². The fourth-order valence-electron chi connectivity index (χ4n) is 5.59. The number of fused-ring (bicyclic) bond motifs is 4. The number of esters is 1. The minimum Gasteiger partial charge on any atom is -0.504 e. The molecule has 2 aromatic heterocycles. The molecule has 0 saturated carbocycles. The minimum atomic E-state index is -1.04. The van der Waals surface area contributed by atoms with E-state index in [0.717, 1.165) is 5.56 Å². The lowest BCUT2D eigenvalue weighted by Gasteiger charge is -2.32. The van der Waals surface area contributed by atoms with E-state index in [4.69, 9.17) is 23.0 Å². The molecule has 0 amide bonds. The molecule has 0 bridgehead atoms. The largest absolute Gasteiger partial charge is 0.504 e. The van der Waals surface area contributed by atoms with Crippen LogP contribution in [0.15, 0.2) is 102 Å². The third kappa shape index (κ3) is 4.49. The van der Waals surface area contributed by atoms with Crippen LogP contribution in [-0.2, 0) is 27.1 Å². The Bertz CT molecular complexity index is 2170. The van der Waals surface area contributed by atoms with Crippen LogP contribution in [0, 0.1) is 0 Å². The third-order valence-corrected chi connectivity index (χ3v) is 7.49. The number of benzene rings is 3. The van der Waals surface area contributed by atoms with Gasteiger partial charge in [-0.25, -0.2) is 14.4 Å². The molecule has 2 N–H and O–H groups in total. The maximum absolute atomic E-state index is 13.0. The lowest BCUT2D eigenvalue weighted by Crippen LogP contribution is -2.34.